The van der Waals surface area contributed by atoms with E-state index in [1.165, 1.54) is 11.1 Å². The van der Waals surface area contributed by atoms with Crippen LogP contribution in [0.25, 0.3) is 0 Å². The minimum absolute atomic E-state index is 0.136. The van der Waals surface area contributed by atoms with E-state index in [1.54, 1.807) is 11.8 Å². The Labute approximate surface area is 141 Å². The Morgan fingerprint density at radius 1 is 1.09 bits per heavy atom. The van der Waals surface area contributed by atoms with Crippen LogP contribution < -0.4 is 0 Å². The van der Waals surface area contributed by atoms with Crippen LogP contribution in [0.5, 0.6) is 0 Å². The monoisotopic (exact) mass is 330 g/mol. The molecule has 5 heteroatoms. The summed E-state index contributed by atoms with van der Waals surface area (Å²) in [6, 6.07) is 8.09. The molecule has 0 aromatic heterocycles. The maximum atomic E-state index is 13.0. The topological polar surface area (TPSA) is 40.6 Å². The molecule has 122 valence electrons. The molecule has 0 unspecified atom stereocenters. The molecule has 2 fully saturated rings. The minimum atomic E-state index is -0.252. The number of fused-ring (bicyclic) bond motifs is 1. The van der Waals surface area contributed by atoms with E-state index in [-0.39, 0.29) is 23.8 Å². The summed E-state index contributed by atoms with van der Waals surface area (Å²) in [5, 5.41) is 0. The van der Waals surface area contributed by atoms with Crippen LogP contribution in [0.15, 0.2) is 24.3 Å². The van der Waals surface area contributed by atoms with Crippen LogP contribution in [0.3, 0.4) is 0 Å². The summed E-state index contributed by atoms with van der Waals surface area (Å²) in [7, 11) is 0. The van der Waals surface area contributed by atoms with E-state index >= 15 is 0 Å². The molecule has 4 rings (SSSR count). The van der Waals surface area contributed by atoms with Gasteiger partial charge < -0.3 is 9.80 Å². The van der Waals surface area contributed by atoms with Crippen LogP contribution in [0.4, 0.5) is 0 Å². The molecule has 1 aliphatic carbocycles. The molecule has 1 saturated carbocycles. The van der Waals surface area contributed by atoms with Crippen molar-refractivity contribution in [3.63, 3.8) is 0 Å². The number of carbonyl (C=O) groups excluding carboxylic acids is 2. The van der Waals surface area contributed by atoms with Gasteiger partial charge in [0.2, 0.25) is 11.8 Å². The molecule has 0 N–H and O–H groups in total. The second kappa shape index (κ2) is 6.19. The van der Waals surface area contributed by atoms with Crippen LogP contribution in [-0.2, 0) is 22.6 Å². The fraction of sp³-hybridized carbons (Fsp3) is 0.556. The summed E-state index contributed by atoms with van der Waals surface area (Å²) in [6.45, 7) is 1.45. The molecule has 0 bridgehead atoms. The number of nitrogens with zero attached hydrogens (tertiary/aromatic N) is 2. The smallest absolute Gasteiger partial charge is 0.246 e. The standard InChI is InChI=1S/C18H22N2O2S/c21-17(14-6-3-7-14)20-12-23-11-16(20)18(22)19-9-8-13-4-1-2-5-15(13)10-19/h1-2,4-5,14,16H,3,6-12H2/t16-/m0/s1. The molecule has 2 heterocycles. The third kappa shape index (κ3) is 2.75. The predicted octanol–water partition coefficient (Wildman–Crippen LogP) is 2.27. The van der Waals surface area contributed by atoms with E-state index in [4.69, 9.17) is 0 Å². The lowest BCUT2D eigenvalue weighted by atomic mass is 9.84. The zero-order valence-corrected chi connectivity index (χ0v) is 14.1. The molecule has 1 atom stereocenters. The van der Waals surface area contributed by atoms with E-state index in [0.29, 0.717) is 12.4 Å². The third-order valence-corrected chi connectivity index (χ3v) is 6.36. The fourth-order valence-electron chi connectivity index (χ4n) is 3.65. The third-order valence-electron chi connectivity index (χ3n) is 5.35. The van der Waals surface area contributed by atoms with Crippen molar-refractivity contribution in [2.45, 2.75) is 38.3 Å². The van der Waals surface area contributed by atoms with E-state index in [0.717, 1.165) is 38.0 Å². The van der Waals surface area contributed by atoms with E-state index in [1.807, 2.05) is 15.9 Å². The molecule has 1 saturated heterocycles. The Kier molecular flexibility index (Phi) is 4.05. The summed E-state index contributed by atoms with van der Waals surface area (Å²) in [4.78, 5) is 29.3. The number of thioether (sulfide) groups is 1. The molecule has 3 aliphatic rings. The molecule has 23 heavy (non-hydrogen) atoms. The number of carbonyl (C=O) groups is 2. The molecule has 2 amide bonds. The number of hydrogen-bond acceptors (Lipinski definition) is 3. The lowest BCUT2D eigenvalue weighted by Gasteiger charge is -2.35. The fourth-order valence-corrected chi connectivity index (χ4v) is 4.80. The van der Waals surface area contributed by atoms with Gasteiger partial charge in [0.1, 0.15) is 6.04 Å². The van der Waals surface area contributed by atoms with Gasteiger partial charge in [-0.2, -0.15) is 0 Å². The number of rotatable bonds is 2. The first-order valence-corrected chi connectivity index (χ1v) is 9.63. The Morgan fingerprint density at radius 2 is 1.87 bits per heavy atom. The first-order chi connectivity index (χ1) is 11.2. The SMILES string of the molecule is O=C([C@@H]1CSCN1C(=O)C1CCC1)N1CCc2ccccc2C1. The van der Waals surface area contributed by atoms with Crippen LogP contribution in [0, 0.1) is 5.92 Å². The average Bonchev–Trinajstić information content (AvgIpc) is 3.01. The second-order valence-electron chi connectivity index (χ2n) is 6.73. The summed E-state index contributed by atoms with van der Waals surface area (Å²) in [5.41, 5.74) is 2.59. The van der Waals surface area contributed by atoms with Crippen molar-refractivity contribution in [1.82, 2.24) is 9.80 Å². The number of amides is 2. The second-order valence-corrected chi connectivity index (χ2v) is 7.73. The van der Waals surface area contributed by atoms with Crippen molar-refractivity contribution >= 4 is 23.6 Å². The Bertz CT molecular complexity index is 629. The molecular formula is C18H22N2O2S. The minimum Gasteiger partial charge on any atom is -0.336 e. The molecule has 1 aromatic rings. The molecular weight excluding hydrogens is 308 g/mol. The highest BCUT2D eigenvalue weighted by Crippen LogP contribution is 2.33. The highest BCUT2D eigenvalue weighted by molar-refractivity contribution is 7.99. The van der Waals surface area contributed by atoms with Crippen LogP contribution in [0.1, 0.15) is 30.4 Å². The highest BCUT2D eigenvalue weighted by atomic mass is 32.2. The highest BCUT2D eigenvalue weighted by Gasteiger charge is 2.41. The molecule has 1 aromatic carbocycles. The molecule has 0 spiro atoms. The van der Waals surface area contributed by atoms with Crippen LogP contribution in [0.2, 0.25) is 0 Å². The molecule has 4 nitrogen and oxygen atoms in total. The largest absolute Gasteiger partial charge is 0.336 e. The van der Waals surface area contributed by atoms with Gasteiger partial charge in [0.25, 0.3) is 0 Å². The predicted molar refractivity (Wildman–Crippen MR) is 90.9 cm³/mol. The van der Waals surface area contributed by atoms with Gasteiger partial charge in [0.05, 0.1) is 5.88 Å². The zero-order valence-electron chi connectivity index (χ0n) is 13.2. The van der Waals surface area contributed by atoms with Gasteiger partial charge >= 0.3 is 0 Å². The van der Waals surface area contributed by atoms with Gasteiger partial charge in [0.15, 0.2) is 0 Å². The van der Waals surface area contributed by atoms with Crippen molar-refractivity contribution in [3.8, 4) is 0 Å². The first-order valence-electron chi connectivity index (χ1n) is 8.48. The molecule has 2 aliphatic heterocycles. The van der Waals surface area contributed by atoms with Crippen LogP contribution in [-0.4, -0.2) is 45.8 Å². The van der Waals surface area contributed by atoms with Gasteiger partial charge in [-0.1, -0.05) is 30.7 Å². The number of benzene rings is 1. The van der Waals surface area contributed by atoms with Crippen LogP contribution >= 0.6 is 11.8 Å². The van der Waals surface area contributed by atoms with E-state index in [2.05, 4.69) is 18.2 Å². The van der Waals surface area contributed by atoms with E-state index < -0.39 is 0 Å². The van der Waals surface area contributed by atoms with Crippen molar-refractivity contribution in [2.24, 2.45) is 5.92 Å². The lowest BCUT2D eigenvalue weighted by molar-refractivity contribution is -0.147. The van der Waals surface area contributed by atoms with Crippen molar-refractivity contribution in [2.75, 3.05) is 18.2 Å². The van der Waals surface area contributed by atoms with Gasteiger partial charge in [0, 0.05) is 24.8 Å². The maximum Gasteiger partial charge on any atom is 0.246 e. The van der Waals surface area contributed by atoms with Crippen molar-refractivity contribution < 1.29 is 9.59 Å². The van der Waals surface area contributed by atoms with Gasteiger partial charge in [-0.3, -0.25) is 9.59 Å². The lowest BCUT2D eigenvalue weighted by Crippen LogP contribution is -2.52. The van der Waals surface area contributed by atoms with Gasteiger partial charge in [-0.25, -0.2) is 0 Å². The maximum absolute atomic E-state index is 13.0. The van der Waals surface area contributed by atoms with Gasteiger partial charge in [-0.15, -0.1) is 11.8 Å². The Hall–Kier alpha value is -1.49. The average molecular weight is 330 g/mol. The Balaban J connectivity index is 1.47. The number of hydrogen-bond donors (Lipinski definition) is 0. The van der Waals surface area contributed by atoms with Gasteiger partial charge in [-0.05, 0) is 30.4 Å². The first kappa shape index (κ1) is 15.1. The van der Waals surface area contributed by atoms with Crippen molar-refractivity contribution in [1.29, 1.82) is 0 Å². The quantitative estimate of drug-likeness (QED) is 0.835. The van der Waals surface area contributed by atoms with E-state index in [9.17, 15) is 9.59 Å². The summed E-state index contributed by atoms with van der Waals surface area (Å²) in [6.07, 6.45) is 4.06. The normalized spacial score (nSPS) is 24.3. The van der Waals surface area contributed by atoms with Crippen molar-refractivity contribution in [3.05, 3.63) is 35.4 Å². The summed E-state index contributed by atoms with van der Waals surface area (Å²) < 4.78 is 0. The molecule has 0 radical (unpaired) electrons. The summed E-state index contributed by atoms with van der Waals surface area (Å²) in [5.74, 6) is 1.94. The Morgan fingerprint density at radius 3 is 2.61 bits per heavy atom. The zero-order chi connectivity index (χ0) is 15.8. The summed E-state index contributed by atoms with van der Waals surface area (Å²) >= 11 is 1.71.